The molecule has 3 aromatic carbocycles. The number of hydrogen-bond acceptors (Lipinski definition) is 2. The number of ether oxygens (including phenoxy) is 1. The fourth-order valence-electron chi connectivity index (χ4n) is 2.70. The van der Waals surface area contributed by atoms with Crippen LogP contribution in [0.4, 0.5) is 0 Å². The molecule has 0 fully saturated rings. The Kier molecular flexibility index (Phi) is 6.37. The Hall–Kier alpha value is -3.39. The largest absolute Gasteiger partial charge is 0.469 e. The third kappa shape index (κ3) is 5.55. The lowest BCUT2D eigenvalue weighted by Crippen LogP contribution is -1.96. The maximum Gasteiger partial charge on any atom is 0.309 e. The average Bonchev–Trinajstić information content (AvgIpc) is 2.74. The van der Waals surface area contributed by atoms with E-state index >= 15 is 0 Å². The molecule has 3 aromatic rings. The maximum atomic E-state index is 11.1. The summed E-state index contributed by atoms with van der Waals surface area (Å²) in [6.45, 7) is 0. The van der Waals surface area contributed by atoms with E-state index in [0.717, 1.165) is 5.56 Å². The third-order valence-electron chi connectivity index (χ3n) is 4.24. The summed E-state index contributed by atoms with van der Waals surface area (Å²) < 4.78 is 4.62. The normalized spacial score (nSPS) is 11.1. The molecule has 27 heavy (non-hydrogen) atoms. The minimum atomic E-state index is -0.232. The van der Waals surface area contributed by atoms with Gasteiger partial charge < -0.3 is 4.74 Å². The van der Waals surface area contributed by atoms with E-state index in [9.17, 15) is 4.79 Å². The molecule has 0 atom stereocenters. The number of methoxy groups -OCH3 is 1. The second-order valence-corrected chi connectivity index (χ2v) is 6.17. The van der Waals surface area contributed by atoms with E-state index in [4.69, 9.17) is 0 Å². The van der Waals surface area contributed by atoms with Gasteiger partial charge in [-0.15, -0.1) is 0 Å². The van der Waals surface area contributed by atoms with Crippen molar-refractivity contribution in [2.24, 2.45) is 0 Å². The first-order valence-corrected chi connectivity index (χ1v) is 8.91. The van der Waals surface area contributed by atoms with Gasteiger partial charge in [-0.25, -0.2) is 0 Å². The van der Waals surface area contributed by atoms with Crippen LogP contribution in [0.1, 0.15) is 23.1 Å². The predicted molar refractivity (Wildman–Crippen MR) is 113 cm³/mol. The Morgan fingerprint density at radius 2 is 1.19 bits per heavy atom. The minimum Gasteiger partial charge on any atom is -0.469 e. The summed E-state index contributed by atoms with van der Waals surface area (Å²) in [4.78, 5) is 11.1. The van der Waals surface area contributed by atoms with Crippen LogP contribution < -0.4 is 0 Å². The maximum absolute atomic E-state index is 11.1. The fraction of sp³-hybridized carbons (Fsp3) is 0.0800. The summed E-state index contributed by atoms with van der Waals surface area (Å²) in [7, 11) is 1.40. The number of esters is 1. The van der Waals surface area contributed by atoms with Crippen molar-refractivity contribution in [1.82, 2.24) is 0 Å². The van der Waals surface area contributed by atoms with Crippen LogP contribution in [0.3, 0.4) is 0 Å². The molecule has 0 aliphatic rings. The summed E-state index contributed by atoms with van der Waals surface area (Å²) in [6, 6.07) is 27.1. The quantitative estimate of drug-likeness (QED) is 0.395. The van der Waals surface area contributed by atoms with E-state index < -0.39 is 0 Å². The van der Waals surface area contributed by atoms with Gasteiger partial charge in [0.25, 0.3) is 0 Å². The summed E-state index contributed by atoms with van der Waals surface area (Å²) in [6.07, 6.45) is 8.27. The first-order valence-electron chi connectivity index (χ1n) is 8.91. The van der Waals surface area contributed by atoms with Gasteiger partial charge in [-0.1, -0.05) is 103 Å². The van der Waals surface area contributed by atoms with Gasteiger partial charge in [0.15, 0.2) is 0 Å². The van der Waals surface area contributed by atoms with Gasteiger partial charge in [-0.3, -0.25) is 4.79 Å². The van der Waals surface area contributed by atoms with Crippen molar-refractivity contribution in [2.45, 2.75) is 6.42 Å². The summed E-state index contributed by atoms with van der Waals surface area (Å²) in [5.74, 6) is -0.232. The van der Waals surface area contributed by atoms with Crippen molar-refractivity contribution >= 4 is 24.2 Å². The van der Waals surface area contributed by atoms with Crippen LogP contribution in [-0.2, 0) is 9.53 Å². The Bertz CT molecular complexity index is 918. The van der Waals surface area contributed by atoms with E-state index in [2.05, 4.69) is 65.4 Å². The van der Waals surface area contributed by atoms with E-state index in [0.29, 0.717) is 0 Å². The van der Waals surface area contributed by atoms with E-state index in [-0.39, 0.29) is 12.4 Å². The van der Waals surface area contributed by atoms with E-state index in [1.165, 1.54) is 29.4 Å². The predicted octanol–water partition coefficient (Wildman–Crippen LogP) is 6.10. The molecule has 2 nitrogen and oxygen atoms in total. The van der Waals surface area contributed by atoms with Gasteiger partial charge in [-0.2, -0.15) is 0 Å². The number of benzene rings is 3. The van der Waals surface area contributed by atoms with Crippen molar-refractivity contribution in [2.75, 3.05) is 7.11 Å². The summed E-state index contributed by atoms with van der Waals surface area (Å²) in [5, 5.41) is 0. The van der Waals surface area contributed by atoms with Gasteiger partial charge in [-0.05, 0) is 27.8 Å². The van der Waals surface area contributed by atoms with Crippen LogP contribution in [0.15, 0.2) is 84.9 Å². The van der Waals surface area contributed by atoms with Crippen LogP contribution in [0.2, 0.25) is 0 Å². The Morgan fingerprint density at radius 1 is 0.704 bits per heavy atom. The standard InChI is InChI=1S/C25H22O2/c1-27-25(26)9-5-8-21-12-16-23(17-13-21)24-18-14-22(15-19-24)11-10-20-6-3-2-4-7-20/h2-8,10-19H,9H2,1H3. The highest BCUT2D eigenvalue weighted by molar-refractivity contribution is 5.74. The smallest absolute Gasteiger partial charge is 0.309 e. The molecule has 0 aliphatic carbocycles. The van der Waals surface area contributed by atoms with Crippen molar-refractivity contribution in [3.8, 4) is 11.1 Å². The molecule has 0 aliphatic heterocycles. The Morgan fingerprint density at radius 3 is 1.70 bits per heavy atom. The molecule has 0 amide bonds. The van der Waals surface area contributed by atoms with Gasteiger partial charge in [0, 0.05) is 0 Å². The highest BCUT2D eigenvalue weighted by Crippen LogP contribution is 2.21. The van der Waals surface area contributed by atoms with Gasteiger partial charge in [0.1, 0.15) is 0 Å². The molecule has 0 saturated heterocycles. The highest BCUT2D eigenvalue weighted by atomic mass is 16.5. The fourth-order valence-corrected chi connectivity index (χ4v) is 2.70. The van der Waals surface area contributed by atoms with Crippen molar-refractivity contribution < 1.29 is 9.53 Å². The van der Waals surface area contributed by atoms with Crippen LogP contribution in [-0.4, -0.2) is 13.1 Å². The van der Waals surface area contributed by atoms with Crippen LogP contribution in [0, 0.1) is 0 Å². The molecule has 0 unspecified atom stereocenters. The van der Waals surface area contributed by atoms with Gasteiger partial charge >= 0.3 is 5.97 Å². The zero-order valence-electron chi connectivity index (χ0n) is 15.3. The number of carbonyl (C=O) groups is 1. The molecule has 0 N–H and O–H groups in total. The first kappa shape index (κ1) is 18.4. The molecule has 3 rings (SSSR count). The lowest BCUT2D eigenvalue weighted by Gasteiger charge is -2.03. The topological polar surface area (TPSA) is 26.3 Å². The molecule has 134 valence electrons. The molecule has 0 saturated carbocycles. The monoisotopic (exact) mass is 354 g/mol. The minimum absolute atomic E-state index is 0.232. The zero-order chi connectivity index (χ0) is 18.9. The van der Waals surface area contributed by atoms with Crippen LogP contribution >= 0.6 is 0 Å². The molecule has 0 bridgehead atoms. The Balaban J connectivity index is 1.64. The molecule has 0 radical (unpaired) electrons. The molecule has 0 heterocycles. The Labute approximate surface area is 160 Å². The first-order chi connectivity index (χ1) is 13.2. The highest BCUT2D eigenvalue weighted by Gasteiger charge is 1.98. The SMILES string of the molecule is COC(=O)CC=Cc1ccc(-c2ccc(C=Cc3ccccc3)cc2)cc1. The second kappa shape index (κ2) is 9.35. The number of rotatable bonds is 6. The lowest BCUT2D eigenvalue weighted by atomic mass is 10.0. The average molecular weight is 354 g/mol. The lowest BCUT2D eigenvalue weighted by molar-refractivity contribution is -0.139. The molecule has 0 aromatic heterocycles. The van der Waals surface area contributed by atoms with Crippen molar-refractivity contribution in [3.63, 3.8) is 0 Å². The molecular weight excluding hydrogens is 332 g/mol. The van der Waals surface area contributed by atoms with E-state index in [1.54, 1.807) is 0 Å². The summed E-state index contributed by atoms with van der Waals surface area (Å²) in [5.41, 5.74) is 5.77. The number of carbonyl (C=O) groups excluding carboxylic acids is 1. The van der Waals surface area contributed by atoms with E-state index in [1.807, 2.05) is 42.5 Å². The zero-order valence-corrected chi connectivity index (χ0v) is 15.3. The molecule has 0 spiro atoms. The van der Waals surface area contributed by atoms with Crippen molar-refractivity contribution in [3.05, 3.63) is 102 Å². The van der Waals surface area contributed by atoms with Gasteiger partial charge in [0.2, 0.25) is 0 Å². The molecular formula is C25H22O2. The third-order valence-corrected chi connectivity index (χ3v) is 4.24. The van der Waals surface area contributed by atoms with Gasteiger partial charge in [0.05, 0.1) is 13.5 Å². The summed E-state index contributed by atoms with van der Waals surface area (Å²) >= 11 is 0. The van der Waals surface area contributed by atoms with Crippen LogP contribution in [0.25, 0.3) is 29.4 Å². The second-order valence-electron chi connectivity index (χ2n) is 6.17. The van der Waals surface area contributed by atoms with Crippen LogP contribution in [0.5, 0.6) is 0 Å². The molecule has 2 heteroatoms. The number of hydrogen-bond donors (Lipinski definition) is 0. The van der Waals surface area contributed by atoms with Crippen molar-refractivity contribution in [1.29, 1.82) is 0 Å².